The fraction of sp³-hybridized carbons (Fsp3) is 0.273. The van der Waals surface area contributed by atoms with Crippen molar-refractivity contribution in [3.8, 4) is 11.5 Å². The molecule has 0 aliphatic carbocycles. The number of hydrogen-bond acceptors (Lipinski definition) is 4. The number of aromatic amines is 1. The molecule has 0 radical (unpaired) electrons. The highest BCUT2D eigenvalue weighted by Crippen LogP contribution is 2.31. The average molecular weight is 380 g/mol. The summed E-state index contributed by atoms with van der Waals surface area (Å²) in [6, 6.07) is 15.2. The molecule has 1 heterocycles. The molecule has 0 saturated carbocycles. The molecular weight excluding hydrogens is 356 g/mol. The Morgan fingerprint density at radius 2 is 1.71 bits per heavy atom. The third kappa shape index (κ3) is 4.34. The third-order valence-electron chi connectivity index (χ3n) is 4.72. The van der Waals surface area contributed by atoms with Crippen molar-refractivity contribution in [1.82, 2.24) is 9.88 Å². The molecule has 1 aromatic heterocycles. The minimum Gasteiger partial charge on any atom is -0.493 e. The van der Waals surface area contributed by atoms with Gasteiger partial charge in [-0.25, -0.2) is 0 Å². The summed E-state index contributed by atoms with van der Waals surface area (Å²) in [5.41, 5.74) is 2.11. The van der Waals surface area contributed by atoms with Crippen molar-refractivity contribution in [3.63, 3.8) is 0 Å². The van der Waals surface area contributed by atoms with Gasteiger partial charge < -0.3 is 19.4 Å². The molecule has 6 heteroatoms. The zero-order chi connectivity index (χ0) is 20.1. The molecule has 0 saturated heterocycles. The highest BCUT2D eigenvalue weighted by molar-refractivity contribution is 5.83. The molecule has 2 aromatic carbocycles. The fourth-order valence-corrected chi connectivity index (χ4v) is 3.14. The Kier molecular flexibility index (Phi) is 5.99. The van der Waals surface area contributed by atoms with Gasteiger partial charge in [-0.1, -0.05) is 30.3 Å². The molecular formula is C22H24N2O4. The SMILES string of the molecule is COc1cc2cc(CCC(=O)N(C)Cc3ccccc3)c(=O)[nH]c2cc1OC. The molecule has 0 unspecified atom stereocenters. The summed E-state index contributed by atoms with van der Waals surface area (Å²) in [5, 5.41) is 0.831. The van der Waals surface area contributed by atoms with Gasteiger partial charge in [-0.15, -0.1) is 0 Å². The lowest BCUT2D eigenvalue weighted by Crippen LogP contribution is -2.27. The van der Waals surface area contributed by atoms with E-state index in [9.17, 15) is 9.59 Å². The second-order valence-corrected chi connectivity index (χ2v) is 6.65. The predicted octanol–water partition coefficient (Wildman–Crippen LogP) is 3.14. The summed E-state index contributed by atoms with van der Waals surface area (Å²) in [7, 11) is 4.89. The number of ether oxygens (including phenoxy) is 2. The molecule has 28 heavy (non-hydrogen) atoms. The van der Waals surface area contributed by atoms with E-state index in [1.54, 1.807) is 38.3 Å². The van der Waals surface area contributed by atoms with Crippen LogP contribution in [0.5, 0.6) is 11.5 Å². The van der Waals surface area contributed by atoms with E-state index in [1.165, 1.54) is 0 Å². The average Bonchev–Trinajstić information content (AvgIpc) is 2.71. The maximum Gasteiger partial charge on any atom is 0.251 e. The van der Waals surface area contributed by atoms with Crippen LogP contribution < -0.4 is 15.0 Å². The van der Waals surface area contributed by atoms with Gasteiger partial charge in [0.15, 0.2) is 11.5 Å². The first-order valence-electron chi connectivity index (χ1n) is 9.07. The number of rotatable bonds is 7. The standard InChI is InChI=1S/C22H24N2O4/c1-24(14-15-7-5-4-6-8-15)21(25)10-9-16-11-17-12-19(27-2)20(28-3)13-18(17)23-22(16)26/h4-8,11-13H,9-10,14H2,1-3H3,(H,23,26). The largest absolute Gasteiger partial charge is 0.493 e. The van der Waals surface area contributed by atoms with Gasteiger partial charge in [-0.2, -0.15) is 0 Å². The van der Waals surface area contributed by atoms with Gasteiger partial charge in [0.25, 0.3) is 5.56 Å². The smallest absolute Gasteiger partial charge is 0.251 e. The Hall–Kier alpha value is -3.28. The van der Waals surface area contributed by atoms with Crippen molar-refractivity contribution in [2.45, 2.75) is 19.4 Å². The maximum absolute atomic E-state index is 12.5. The first-order valence-corrected chi connectivity index (χ1v) is 9.07. The van der Waals surface area contributed by atoms with Crippen LogP contribution in [0.2, 0.25) is 0 Å². The normalized spacial score (nSPS) is 10.7. The van der Waals surface area contributed by atoms with Crippen molar-refractivity contribution in [3.05, 3.63) is 70.0 Å². The number of pyridine rings is 1. The number of benzene rings is 2. The lowest BCUT2D eigenvalue weighted by Gasteiger charge is -2.17. The summed E-state index contributed by atoms with van der Waals surface area (Å²) in [6.07, 6.45) is 0.642. The monoisotopic (exact) mass is 380 g/mol. The van der Waals surface area contributed by atoms with Crippen LogP contribution in [0.3, 0.4) is 0 Å². The van der Waals surface area contributed by atoms with Crippen LogP contribution in [0.25, 0.3) is 10.9 Å². The van der Waals surface area contributed by atoms with Crippen molar-refractivity contribution in [2.24, 2.45) is 0 Å². The van der Waals surface area contributed by atoms with E-state index in [2.05, 4.69) is 4.98 Å². The van der Waals surface area contributed by atoms with E-state index in [0.717, 1.165) is 10.9 Å². The lowest BCUT2D eigenvalue weighted by atomic mass is 10.1. The molecule has 0 aliphatic rings. The number of carbonyl (C=O) groups excluding carboxylic acids is 1. The summed E-state index contributed by atoms with van der Waals surface area (Å²) >= 11 is 0. The van der Waals surface area contributed by atoms with Gasteiger partial charge in [-0.05, 0) is 24.1 Å². The number of fused-ring (bicyclic) bond motifs is 1. The number of carbonyl (C=O) groups is 1. The molecule has 1 amide bonds. The topological polar surface area (TPSA) is 71.6 Å². The number of aryl methyl sites for hydroxylation is 1. The molecule has 0 spiro atoms. The van der Waals surface area contributed by atoms with Gasteiger partial charge in [0, 0.05) is 37.0 Å². The van der Waals surface area contributed by atoms with E-state index in [4.69, 9.17) is 9.47 Å². The van der Waals surface area contributed by atoms with E-state index in [-0.39, 0.29) is 17.9 Å². The van der Waals surface area contributed by atoms with Crippen molar-refractivity contribution < 1.29 is 14.3 Å². The van der Waals surface area contributed by atoms with Crippen LogP contribution in [0, 0.1) is 0 Å². The summed E-state index contributed by atoms with van der Waals surface area (Å²) < 4.78 is 10.6. The zero-order valence-electron chi connectivity index (χ0n) is 16.3. The van der Waals surface area contributed by atoms with E-state index < -0.39 is 0 Å². The van der Waals surface area contributed by atoms with Crippen LogP contribution in [-0.2, 0) is 17.8 Å². The molecule has 0 fully saturated rings. The Labute approximate surface area is 163 Å². The molecule has 0 bridgehead atoms. The Bertz CT molecular complexity index is 1030. The van der Waals surface area contributed by atoms with Crippen LogP contribution in [0.4, 0.5) is 0 Å². The van der Waals surface area contributed by atoms with Crippen molar-refractivity contribution in [1.29, 1.82) is 0 Å². The van der Waals surface area contributed by atoms with Gasteiger partial charge >= 0.3 is 0 Å². The quantitative estimate of drug-likeness (QED) is 0.684. The van der Waals surface area contributed by atoms with Gasteiger partial charge in [0.05, 0.1) is 19.7 Å². The van der Waals surface area contributed by atoms with Crippen molar-refractivity contribution in [2.75, 3.05) is 21.3 Å². The van der Waals surface area contributed by atoms with Crippen LogP contribution in [-0.4, -0.2) is 37.1 Å². The predicted molar refractivity (Wildman–Crippen MR) is 109 cm³/mol. The molecule has 0 aliphatic heterocycles. The number of aromatic nitrogens is 1. The van der Waals surface area contributed by atoms with Gasteiger partial charge in [-0.3, -0.25) is 9.59 Å². The number of nitrogens with one attached hydrogen (secondary N) is 1. The minimum absolute atomic E-state index is 0.00402. The summed E-state index contributed by atoms with van der Waals surface area (Å²) in [6.45, 7) is 0.546. The Balaban J connectivity index is 1.73. The third-order valence-corrected chi connectivity index (χ3v) is 4.72. The fourth-order valence-electron chi connectivity index (χ4n) is 3.14. The molecule has 1 N–H and O–H groups in total. The number of nitrogens with zero attached hydrogens (tertiary/aromatic N) is 1. The van der Waals surface area contributed by atoms with E-state index >= 15 is 0 Å². The van der Waals surface area contributed by atoms with Gasteiger partial charge in [0.2, 0.25) is 5.91 Å². The first kappa shape index (κ1) is 19.5. The minimum atomic E-state index is -0.196. The van der Waals surface area contributed by atoms with Gasteiger partial charge in [0.1, 0.15) is 0 Å². The van der Waals surface area contributed by atoms with Crippen molar-refractivity contribution >= 4 is 16.8 Å². The summed E-state index contributed by atoms with van der Waals surface area (Å²) in [5.74, 6) is 1.14. The number of methoxy groups -OCH3 is 2. The maximum atomic E-state index is 12.5. The van der Waals surface area contributed by atoms with Crippen LogP contribution in [0.15, 0.2) is 53.3 Å². The Morgan fingerprint density at radius 1 is 1.04 bits per heavy atom. The highest BCUT2D eigenvalue weighted by Gasteiger charge is 2.13. The van der Waals surface area contributed by atoms with Crippen LogP contribution >= 0.6 is 0 Å². The molecule has 3 aromatic rings. The number of amides is 1. The second kappa shape index (κ2) is 8.61. The summed E-state index contributed by atoms with van der Waals surface area (Å²) in [4.78, 5) is 29.4. The second-order valence-electron chi connectivity index (χ2n) is 6.65. The molecule has 0 atom stereocenters. The highest BCUT2D eigenvalue weighted by atomic mass is 16.5. The van der Waals surface area contributed by atoms with Crippen LogP contribution in [0.1, 0.15) is 17.5 Å². The Morgan fingerprint density at radius 3 is 2.39 bits per heavy atom. The number of hydrogen-bond donors (Lipinski definition) is 1. The first-order chi connectivity index (χ1) is 13.5. The molecule has 146 valence electrons. The van der Waals surface area contributed by atoms with E-state index in [0.29, 0.717) is 35.5 Å². The molecule has 6 nitrogen and oxygen atoms in total. The number of H-pyrrole nitrogens is 1. The van der Waals surface area contributed by atoms with E-state index in [1.807, 2.05) is 36.4 Å². The lowest BCUT2D eigenvalue weighted by molar-refractivity contribution is -0.130. The molecule has 3 rings (SSSR count). The zero-order valence-corrected chi connectivity index (χ0v) is 16.3.